The summed E-state index contributed by atoms with van der Waals surface area (Å²) in [5, 5.41) is 2.10. The number of hydrogen-bond acceptors (Lipinski definition) is 1. The molecule has 3 heteroatoms. The van der Waals surface area contributed by atoms with E-state index in [1.807, 2.05) is 17.4 Å². The van der Waals surface area contributed by atoms with Gasteiger partial charge in [-0.25, -0.2) is 0 Å². The molecule has 0 saturated heterocycles. The van der Waals surface area contributed by atoms with Crippen LogP contribution in [0.2, 0.25) is 5.02 Å². The fourth-order valence-electron chi connectivity index (χ4n) is 1.37. The van der Waals surface area contributed by atoms with Crippen LogP contribution >= 0.6 is 45.5 Å². The zero-order valence-corrected chi connectivity index (χ0v) is 11.0. The third-order valence-corrected chi connectivity index (χ3v) is 5.36. The van der Waals surface area contributed by atoms with Crippen molar-refractivity contribution in [1.82, 2.24) is 0 Å². The van der Waals surface area contributed by atoms with Gasteiger partial charge in [-0.05, 0) is 48.1 Å². The normalized spacial score (nSPS) is 11.1. The van der Waals surface area contributed by atoms with E-state index in [0.29, 0.717) is 0 Å². The number of benzene rings is 1. The summed E-state index contributed by atoms with van der Waals surface area (Å²) >= 11 is 10.3. The molecule has 0 atom stereocenters. The van der Waals surface area contributed by atoms with E-state index >= 15 is 0 Å². The maximum Gasteiger partial charge on any atom is 0.0503 e. The standard InChI is InChI=1S/C10H8ClIS/c1-5-3-4-7(11)8-9(12)6(2)13-10(5)8/h3-4H,1-2H3. The first-order valence-corrected chi connectivity index (χ1v) is 6.22. The van der Waals surface area contributed by atoms with Gasteiger partial charge in [0.15, 0.2) is 0 Å². The highest BCUT2D eigenvalue weighted by atomic mass is 127. The van der Waals surface area contributed by atoms with Gasteiger partial charge >= 0.3 is 0 Å². The maximum atomic E-state index is 6.15. The topological polar surface area (TPSA) is 0 Å². The number of hydrogen-bond donors (Lipinski definition) is 0. The van der Waals surface area contributed by atoms with Crippen molar-refractivity contribution < 1.29 is 0 Å². The highest BCUT2D eigenvalue weighted by Crippen LogP contribution is 2.38. The molecule has 0 bridgehead atoms. The molecule has 0 nitrogen and oxygen atoms in total. The molecule has 1 aromatic carbocycles. The van der Waals surface area contributed by atoms with Gasteiger partial charge in [-0.2, -0.15) is 0 Å². The first-order chi connectivity index (χ1) is 6.11. The molecule has 2 aromatic rings. The van der Waals surface area contributed by atoms with Crippen LogP contribution < -0.4 is 0 Å². The monoisotopic (exact) mass is 322 g/mol. The van der Waals surface area contributed by atoms with Gasteiger partial charge < -0.3 is 0 Å². The Hall–Kier alpha value is 0.200. The van der Waals surface area contributed by atoms with E-state index in [4.69, 9.17) is 11.6 Å². The minimum atomic E-state index is 0.870. The van der Waals surface area contributed by atoms with Crippen LogP contribution in [0.3, 0.4) is 0 Å². The fourth-order valence-corrected chi connectivity index (χ4v) is 3.95. The number of halogens is 2. The zero-order valence-electron chi connectivity index (χ0n) is 7.32. The summed E-state index contributed by atoms with van der Waals surface area (Å²) in [4.78, 5) is 1.35. The average Bonchev–Trinajstić information content (AvgIpc) is 2.38. The number of thiophene rings is 1. The smallest absolute Gasteiger partial charge is 0.0503 e. The number of fused-ring (bicyclic) bond motifs is 1. The summed E-state index contributed by atoms with van der Waals surface area (Å²) in [7, 11) is 0. The van der Waals surface area contributed by atoms with E-state index in [-0.39, 0.29) is 0 Å². The predicted octanol–water partition coefficient (Wildman–Crippen LogP) is 4.78. The summed E-state index contributed by atoms with van der Waals surface area (Å²) in [6.07, 6.45) is 0. The van der Waals surface area contributed by atoms with Crippen molar-refractivity contribution >= 4 is 55.6 Å². The molecule has 0 unspecified atom stereocenters. The van der Waals surface area contributed by atoms with Gasteiger partial charge in [-0.1, -0.05) is 17.7 Å². The molecule has 0 aliphatic rings. The van der Waals surface area contributed by atoms with E-state index in [0.717, 1.165) is 5.02 Å². The lowest BCUT2D eigenvalue weighted by Crippen LogP contribution is -1.75. The molecule has 1 heterocycles. The largest absolute Gasteiger partial charge is 0.139 e. The van der Waals surface area contributed by atoms with Crippen molar-refractivity contribution in [2.24, 2.45) is 0 Å². The maximum absolute atomic E-state index is 6.15. The Morgan fingerprint density at radius 2 is 2.00 bits per heavy atom. The second kappa shape index (κ2) is 3.41. The summed E-state index contributed by atoms with van der Waals surface area (Å²) < 4.78 is 2.63. The quantitative estimate of drug-likeness (QED) is 0.613. The highest BCUT2D eigenvalue weighted by Gasteiger charge is 2.10. The Kier molecular flexibility index (Phi) is 2.55. The van der Waals surface area contributed by atoms with Gasteiger partial charge in [0.25, 0.3) is 0 Å². The van der Waals surface area contributed by atoms with Crippen LogP contribution in [0.5, 0.6) is 0 Å². The van der Waals surface area contributed by atoms with Crippen LogP contribution in [0.4, 0.5) is 0 Å². The Balaban J connectivity index is 3.00. The molecule has 0 aliphatic heterocycles. The molecule has 68 valence electrons. The van der Waals surface area contributed by atoms with Crippen LogP contribution in [0.25, 0.3) is 10.1 Å². The SMILES string of the molecule is Cc1sc2c(C)ccc(Cl)c2c1I. The lowest BCUT2D eigenvalue weighted by molar-refractivity contribution is 1.55. The second-order valence-corrected chi connectivity index (χ2v) is 5.75. The lowest BCUT2D eigenvalue weighted by atomic mass is 10.2. The van der Waals surface area contributed by atoms with Gasteiger partial charge in [0.1, 0.15) is 0 Å². The Labute approximate surface area is 100 Å². The van der Waals surface area contributed by atoms with Crippen molar-refractivity contribution in [3.8, 4) is 0 Å². The van der Waals surface area contributed by atoms with E-state index < -0.39 is 0 Å². The van der Waals surface area contributed by atoms with Gasteiger partial charge in [0.2, 0.25) is 0 Å². The van der Waals surface area contributed by atoms with E-state index in [1.54, 1.807) is 0 Å². The Morgan fingerprint density at radius 3 is 2.62 bits per heavy atom. The van der Waals surface area contributed by atoms with Crippen LogP contribution in [0, 0.1) is 17.4 Å². The first-order valence-electron chi connectivity index (χ1n) is 3.95. The number of aryl methyl sites for hydroxylation is 2. The summed E-state index contributed by atoms with van der Waals surface area (Å²) in [5.74, 6) is 0. The third-order valence-electron chi connectivity index (χ3n) is 2.09. The molecule has 0 radical (unpaired) electrons. The molecule has 0 N–H and O–H groups in total. The summed E-state index contributed by atoms with van der Waals surface area (Å²) in [6.45, 7) is 4.27. The highest BCUT2D eigenvalue weighted by molar-refractivity contribution is 14.1. The summed E-state index contributed by atoms with van der Waals surface area (Å²) in [6, 6.07) is 4.06. The van der Waals surface area contributed by atoms with Crippen molar-refractivity contribution in [3.05, 3.63) is 31.2 Å². The van der Waals surface area contributed by atoms with Crippen molar-refractivity contribution in [1.29, 1.82) is 0 Å². The minimum absolute atomic E-state index is 0.870. The van der Waals surface area contributed by atoms with Gasteiger partial charge in [0, 0.05) is 18.5 Å². The van der Waals surface area contributed by atoms with Gasteiger partial charge in [-0.3, -0.25) is 0 Å². The van der Waals surface area contributed by atoms with Gasteiger partial charge in [0.05, 0.1) is 5.02 Å². The molecule has 13 heavy (non-hydrogen) atoms. The van der Waals surface area contributed by atoms with Crippen molar-refractivity contribution in [3.63, 3.8) is 0 Å². The van der Waals surface area contributed by atoms with Gasteiger partial charge in [-0.15, -0.1) is 11.3 Å². The molecule has 0 aliphatic carbocycles. The molecule has 0 amide bonds. The molecular weight excluding hydrogens is 315 g/mol. The average molecular weight is 323 g/mol. The fraction of sp³-hybridized carbons (Fsp3) is 0.200. The molecule has 0 spiro atoms. The van der Waals surface area contributed by atoms with Crippen LogP contribution in [-0.2, 0) is 0 Å². The Bertz CT molecular complexity index is 473. The second-order valence-electron chi connectivity index (χ2n) is 3.04. The van der Waals surface area contributed by atoms with Crippen LogP contribution in [0.1, 0.15) is 10.4 Å². The molecule has 2 rings (SSSR count). The van der Waals surface area contributed by atoms with Crippen molar-refractivity contribution in [2.45, 2.75) is 13.8 Å². The lowest BCUT2D eigenvalue weighted by Gasteiger charge is -1.97. The minimum Gasteiger partial charge on any atom is -0.139 e. The van der Waals surface area contributed by atoms with E-state index in [2.05, 4.69) is 42.5 Å². The first kappa shape index (κ1) is 9.74. The van der Waals surface area contributed by atoms with E-state index in [9.17, 15) is 0 Å². The predicted molar refractivity (Wildman–Crippen MR) is 69.0 cm³/mol. The summed E-state index contributed by atoms with van der Waals surface area (Å²) in [5.41, 5.74) is 1.32. The van der Waals surface area contributed by atoms with Crippen molar-refractivity contribution in [2.75, 3.05) is 0 Å². The Morgan fingerprint density at radius 1 is 1.31 bits per heavy atom. The zero-order chi connectivity index (χ0) is 9.59. The van der Waals surface area contributed by atoms with Crippen LogP contribution in [0.15, 0.2) is 12.1 Å². The molecule has 1 aromatic heterocycles. The van der Waals surface area contributed by atoms with Crippen LogP contribution in [-0.4, -0.2) is 0 Å². The van der Waals surface area contributed by atoms with E-state index in [1.165, 1.54) is 24.1 Å². The number of rotatable bonds is 0. The molecule has 0 fully saturated rings. The third kappa shape index (κ3) is 1.49. The molecular formula is C10H8ClIS. The molecule has 0 saturated carbocycles.